The van der Waals surface area contributed by atoms with Crippen molar-refractivity contribution in [2.75, 3.05) is 18.4 Å². The molecule has 0 radical (unpaired) electrons. The van der Waals surface area contributed by atoms with Gasteiger partial charge in [-0.15, -0.1) is 0 Å². The van der Waals surface area contributed by atoms with Gasteiger partial charge in [-0.3, -0.25) is 19.7 Å². The first-order chi connectivity index (χ1) is 20.0. The normalized spacial score (nSPS) is 17.3. The van der Waals surface area contributed by atoms with Crippen molar-refractivity contribution in [2.45, 2.75) is 57.5 Å². The lowest BCUT2D eigenvalue weighted by Crippen LogP contribution is -2.58. The number of nitrogens with one attached hydrogen (secondary N) is 2. The fourth-order valence-electron chi connectivity index (χ4n) is 4.45. The first-order valence-corrected chi connectivity index (χ1v) is 14.0. The van der Waals surface area contributed by atoms with E-state index in [2.05, 4.69) is 36.5 Å². The molecule has 0 saturated carbocycles. The monoisotopic (exact) mass is 669 g/mol. The fourth-order valence-corrected chi connectivity index (χ4v) is 4.78. The number of alkyl carbamates (subject to hydrolysis) is 1. The Kier molecular flexibility index (Phi) is 9.40. The summed E-state index contributed by atoms with van der Waals surface area (Å²) in [4.78, 5) is 34.4. The fraction of sp³-hybridized carbons (Fsp3) is 0.379. The molecule has 1 saturated heterocycles. The van der Waals surface area contributed by atoms with Gasteiger partial charge in [0.15, 0.2) is 0 Å². The smallest absolute Gasteiger partial charge is 0.433 e. The Morgan fingerprint density at radius 2 is 1.81 bits per heavy atom. The second-order valence-corrected chi connectivity index (χ2v) is 12.0. The first kappa shape index (κ1) is 32.3. The minimum atomic E-state index is -4.61. The number of carbonyl (C=O) groups is 2. The quantitative estimate of drug-likeness (QED) is 0.277. The van der Waals surface area contributed by atoms with Gasteiger partial charge in [-0.25, -0.2) is 13.6 Å². The molecule has 8 nitrogen and oxygen atoms in total. The SMILES string of the molecule is CC(C)(C)OC(=O)N[C@@H]1CN(Cc2cc(NC(=O)c3cc(Br)ccn3)cc(-c3ccc(C(F)(F)F)nc3)c2)CCC1(F)F. The summed E-state index contributed by atoms with van der Waals surface area (Å²) >= 11 is 3.29. The van der Waals surface area contributed by atoms with Crippen LogP contribution >= 0.6 is 15.9 Å². The van der Waals surface area contributed by atoms with Crippen LogP contribution in [0, 0.1) is 0 Å². The van der Waals surface area contributed by atoms with Gasteiger partial charge in [0.25, 0.3) is 11.8 Å². The lowest BCUT2D eigenvalue weighted by atomic mass is 9.99. The zero-order chi connectivity index (χ0) is 31.6. The molecule has 1 aliphatic heterocycles. The van der Waals surface area contributed by atoms with Crippen LogP contribution in [0.4, 0.5) is 32.4 Å². The Bertz CT molecular complexity index is 1480. The molecule has 1 aliphatic rings. The molecule has 1 atom stereocenters. The number of ether oxygens (including phenoxy) is 1. The average Bonchev–Trinajstić information content (AvgIpc) is 2.89. The zero-order valence-corrected chi connectivity index (χ0v) is 25.0. The van der Waals surface area contributed by atoms with Crippen LogP contribution in [0.2, 0.25) is 0 Å². The number of amides is 2. The molecule has 14 heteroatoms. The van der Waals surface area contributed by atoms with Gasteiger partial charge in [-0.1, -0.05) is 22.0 Å². The maximum atomic E-state index is 14.7. The molecule has 0 unspecified atom stereocenters. The van der Waals surface area contributed by atoms with E-state index >= 15 is 0 Å². The number of pyridine rings is 2. The van der Waals surface area contributed by atoms with E-state index in [1.807, 2.05) is 0 Å². The highest BCUT2D eigenvalue weighted by molar-refractivity contribution is 9.10. The Hall–Kier alpha value is -3.65. The maximum Gasteiger partial charge on any atom is 0.433 e. The van der Waals surface area contributed by atoms with Gasteiger partial charge in [0, 0.05) is 54.2 Å². The molecule has 0 bridgehead atoms. The number of anilines is 1. The van der Waals surface area contributed by atoms with Crippen molar-refractivity contribution in [1.82, 2.24) is 20.2 Å². The van der Waals surface area contributed by atoms with Crippen molar-refractivity contribution in [3.8, 4) is 11.1 Å². The predicted octanol–water partition coefficient (Wildman–Crippen LogP) is 6.91. The van der Waals surface area contributed by atoms with Crippen LogP contribution in [-0.2, 0) is 17.5 Å². The van der Waals surface area contributed by atoms with Crippen LogP contribution < -0.4 is 10.6 Å². The first-order valence-electron chi connectivity index (χ1n) is 13.2. The zero-order valence-electron chi connectivity index (χ0n) is 23.4. The molecule has 1 aromatic carbocycles. The maximum absolute atomic E-state index is 14.7. The van der Waals surface area contributed by atoms with Gasteiger partial charge >= 0.3 is 12.3 Å². The summed E-state index contributed by atoms with van der Waals surface area (Å²) in [6.45, 7) is 4.83. The number of carbonyl (C=O) groups excluding carboxylic acids is 2. The summed E-state index contributed by atoms with van der Waals surface area (Å²) in [5.74, 6) is -3.70. The van der Waals surface area contributed by atoms with Crippen LogP contribution in [-0.4, -0.2) is 57.5 Å². The number of benzene rings is 1. The van der Waals surface area contributed by atoms with Crippen molar-refractivity contribution in [3.63, 3.8) is 0 Å². The largest absolute Gasteiger partial charge is 0.444 e. The van der Waals surface area contributed by atoms with Crippen molar-refractivity contribution in [2.24, 2.45) is 0 Å². The second-order valence-electron chi connectivity index (χ2n) is 11.1. The van der Waals surface area contributed by atoms with Gasteiger partial charge in [-0.05, 0) is 68.3 Å². The van der Waals surface area contributed by atoms with Gasteiger partial charge in [-0.2, -0.15) is 13.2 Å². The highest BCUT2D eigenvalue weighted by Crippen LogP contribution is 2.33. The third-order valence-electron chi connectivity index (χ3n) is 6.40. The number of hydrogen-bond acceptors (Lipinski definition) is 6. The number of hydrogen-bond donors (Lipinski definition) is 2. The van der Waals surface area contributed by atoms with E-state index in [0.29, 0.717) is 26.9 Å². The van der Waals surface area contributed by atoms with Crippen LogP contribution in [0.3, 0.4) is 0 Å². The van der Waals surface area contributed by atoms with Gasteiger partial charge in [0.1, 0.15) is 23.0 Å². The summed E-state index contributed by atoms with van der Waals surface area (Å²) in [5.41, 5.74) is -0.122. The molecule has 0 aliphatic carbocycles. The molecule has 1 fully saturated rings. The number of halogens is 6. The highest BCUT2D eigenvalue weighted by Gasteiger charge is 2.45. The molecule has 2 amide bonds. The van der Waals surface area contributed by atoms with E-state index < -0.39 is 47.9 Å². The molecule has 3 heterocycles. The van der Waals surface area contributed by atoms with E-state index in [9.17, 15) is 31.5 Å². The lowest BCUT2D eigenvalue weighted by Gasteiger charge is -2.38. The summed E-state index contributed by atoms with van der Waals surface area (Å²) in [6.07, 6.45) is -3.57. The van der Waals surface area contributed by atoms with Crippen molar-refractivity contribution in [3.05, 3.63) is 76.3 Å². The Morgan fingerprint density at radius 3 is 2.44 bits per heavy atom. The third kappa shape index (κ3) is 8.92. The van der Waals surface area contributed by atoms with Gasteiger partial charge < -0.3 is 15.4 Å². The summed E-state index contributed by atoms with van der Waals surface area (Å²) in [7, 11) is 0. The number of aromatic nitrogens is 2. The van der Waals surface area contributed by atoms with Crippen LogP contribution in [0.1, 0.15) is 48.9 Å². The number of likely N-dealkylation sites (tertiary alicyclic amines) is 1. The standard InChI is InChI=1S/C29H29BrF5N5O3/c1-27(2,3)43-26(42)39-24-16-40(9-7-28(24,31)32)15-17-10-19(18-4-5-23(37-14-18)29(33,34)35)12-21(11-17)38-25(41)22-13-20(30)6-8-36-22/h4-6,8,10-14,24H,7,9,15-16H2,1-3H3,(H,38,41)(H,39,42)/t24-/m1/s1. The van der Waals surface area contributed by atoms with Crippen molar-refractivity contribution in [1.29, 1.82) is 0 Å². The van der Waals surface area contributed by atoms with Crippen molar-refractivity contribution < 1.29 is 36.3 Å². The van der Waals surface area contributed by atoms with E-state index in [-0.39, 0.29) is 25.3 Å². The minimum Gasteiger partial charge on any atom is -0.444 e. The minimum absolute atomic E-state index is 0.00914. The third-order valence-corrected chi connectivity index (χ3v) is 6.89. The molecule has 2 N–H and O–H groups in total. The summed E-state index contributed by atoms with van der Waals surface area (Å²) in [5, 5.41) is 5.02. The number of piperidine rings is 1. The van der Waals surface area contributed by atoms with Crippen LogP contribution in [0.5, 0.6) is 0 Å². The number of nitrogens with zero attached hydrogens (tertiary/aromatic N) is 3. The summed E-state index contributed by atoms with van der Waals surface area (Å²) < 4.78 is 74.5. The molecular weight excluding hydrogens is 641 g/mol. The van der Waals surface area contributed by atoms with Crippen LogP contribution in [0.15, 0.2) is 59.3 Å². The Balaban J connectivity index is 1.61. The van der Waals surface area contributed by atoms with Crippen LogP contribution in [0.25, 0.3) is 11.1 Å². The molecule has 2 aromatic heterocycles. The van der Waals surface area contributed by atoms with Crippen molar-refractivity contribution >= 4 is 33.6 Å². The number of rotatable bonds is 6. The van der Waals surface area contributed by atoms with Gasteiger partial charge in [0.2, 0.25) is 0 Å². The molecular formula is C29H29BrF5N5O3. The van der Waals surface area contributed by atoms with E-state index in [1.54, 1.807) is 49.9 Å². The number of alkyl halides is 5. The highest BCUT2D eigenvalue weighted by atomic mass is 79.9. The molecule has 4 rings (SSSR count). The predicted molar refractivity (Wildman–Crippen MR) is 153 cm³/mol. The molecule has 3 aromatic rings. The Morgan fingerprint density at radius 1 is 1.07 bits per heavy atom. The summed E-state index contributed by atoms with van der Waals surface area (Å²) in [6, 6.07) is 8.66. The van der Waals surface area contributed by atoms with E-state index in [0.717, 1.165) is 12.3 Å². The van der Waals surface area contributed by atoms with E-state index in [4.69, 9.17) is 4.74 Å². The molecule has 43 heavy (non-hydrogen) atoms. The Labute approximate surface area is 253 Å². The van der Waals surface area contributed by atoms with E-state index in [1.165, 1.54) is 18.3 Å². The van der Waals surface area contributed by atoms with Gasteiger partial charge in [0.05, 0.1) is 0 Å². The second kappa shape index (κ2) is 12.5. The lowest BCUT2D eigenvalue weighted by molar-refractivity contribution is -0.141. The molecule has 0 spiro atoms. The molecule has 230 valence electrons. The average molecular weight is 670 g/mol. The topological polar surface area (TPSA) is 96.5 Å².